The predicted octanol–water partition coefficient (Wildman–Crippen LogP) is 4.38. The maximum atomic E-state index is 12.6. The highest BCUT2D eigenvalue weighted by Gasteiger charge is 2.15. The Kier molecular flexibility index (Phi) is 7.40. The van der Waals surface area contributed by atoms with Crippen molar-refractivity contribution < 1.29 is 9.59 Å². The average Bonchev–Trinajstić information content (AvgIpc) is 3.03. The first-order valence-corrected chi connectivity index (χ1v) is 11.1. The molecule has 31 heavy (non-hydrogen) atoms. The number of aromatic nitrogens is 3. The van der Waals surface area contributed by atoms with E-state index in [9.17, 15) is 9.59 Å². The van der Waals surface area contributed by atoms with Crippen molar-refractivity contribution in [1.29, 1.82) is 0 Å². The number of rotatable bonds is 7. The van der Waals surface area contributed by atoms with E-state index in [1.54, 1.807) is 6.07 Å². The molecule has 0 aliphatic carbocycles. The smallest absolute Gasteiger partial charge is 0.251 e. The molecule has 0 saturated carbocycles. The summed E-state index contributed by atoms with van der Waals surface area (Å²) >= 11 is 8.91. The molecule has 0 radical (unpaired) electrons. The van der Waals surface area contributed by atoms with Crippen LogP contribution >= 0.6 is 28.1 Å². The van der Waals surface area contributed by atoms with E-state index in [0.29, 0.717) is 22.7 Å². The Morgan fingerprint density at radius 1 is 1.13 bits per heavy atom. The zero-order valence-corrected chi connectivity index (χ0v) is 20.0. The lowest BCUT2D eigenvalue weighted by molar-refractivity contribution is -0.116. The number of anilines is 1. The van der Waals surface area contributed by atoms with Crippen molar-refractivity contribution in [3.05, 3.63) is 74.2 Å². The minimum Gasteiger partial charge on any atom is -0.345 e. The van der Waals surface area contributed by atoms with Crippen molar-refractivity contribution in [3.63, 3.8) is 0 Å². The third-order valence-electron chi connectivity index (χ3n) is 4.87. The number of nitrogens with one attached hydrogen (secondary N) is 2. The van der Waals surface area contributed by atoms with E-state index in [-0.39, 0.29) is 24.9 Å². The lowest BCUT2D eigenvalue weighted by atomic mass is 10.1. The van der Waals surface area contributed by atoms with Gasteiger partial charge in [-0.15, -0.1) is 0 Å². The molecular weight excluding hydrogens is 478 g/mol. The van der Waals surface area contributed by atoms with E-state index in [0.717, 1.165) is 21.3 Å². The van der Waals surface area contributed by atoms with Gasteiger partial charge < -0.3 is 15.2 Å². The summed E-state index contributed by atoms with van der Waals surface area (Å²) in [5.74, 6) is 0.199. The Morgan fingerprint density at radius 3 is 2.55 bits per heavy atom. The number of benzene rings is 2. The van der Waals surface area contributed by atoms with Crippen molar-refractivity contribution in [1.82, 2.24) is 19.7 Å². The minimum absolute atomic E-state index is 0.0138. The molecular formula is C22H24BrN5O2S. The molecule has 0 aliphatic heterocycles. The molecule has 0 bridgehead atoms. The molecule has 0 atom stereocenters. The quantitative estimate of drug-likeness (QED) is 0.470. The van der Waals surface area contributed by atoms with Crippen LogP contribution in [0.1, 0.15) is 34.2 Å². The SMILES string of the molecule is CCn1c(CNC(=O)c2ccccc2C)nn(CC(=O)Nc2ccc(Br)cc2C)c1=S. The van der Waals surface area contributed by atoms with Crippen molar-refractivity contribution >= 4 is 45.6 Å². The molecule has 0 aliphatic rings. The van der Waals surface area contributed by atoms with Crippen molar-refractivity contribution in [2.45, 2.75) is 40.4 Å². The van der Waals surface area contributed by atoms with Crippen LogP contribution in [0.2, 0.25) is 0 Å². The molecule has 162 valence electrons. The van der Waals surface area contributed by atoms with Gasteiger partial charge in [-0.05, 0) is 68.4 Å². The van der Waals surface area contributed by atoms with Crippen LogP contribution < -0.4 is 10.6 Å². The first kappa shape index (κ1) is 22.9. The first-order chi connectivity index (χ1) is 14.8. The molecule has 2 N–H and O–H groups in total. The fraction of sp³-hybridized carbons (Fsp3) is 0.273. The van der Waals surface area contributed by atoms with Gasteiger partial charge in [0.05, 0.1) is 6.54 Å². The molecule has 1 aromatic heterocycles. The topological polar surface area (TPSA) is 81.0 Å². The predicted molar refractivity (Wildman–Crippen MR) is 127 cm³/mol. The summed E-state index contributed by atoms with van der Waals surface area (Å²) < 4.78 is 4.68. The summed E-state index contributed by atoms with van der Waals surface area (Å²) in [6.45, 7) is 6.54. The van der Waals surface area contributed by atoms with Gasteiger partial charge in [0.25, 0.3) is 5.91 Å². The highest BCUT2D eigenvalue weighted by Crippen LogP contribution is 2.20. The van der Waals surface area contributed by atoms with Crippen molar-refractivity contribution in [2.75, 3.05) is 5.32 Å². The highest BCUT2D eigenvalue weighted by molar-refractivity contribution is 9.10. The zero-order chi connectivity index (χ0) is 22.5. The van der Waals surface area contributed by atoms with Crippen LogP contribution in [0.3, 0.4) is 0 Å². The van der Waals surface area contributed by atoms with E-state index < -0.39 is 0 Å². The molecule has 3 aromatic rings. The molecule has 1 heterocycles. The van der Waals surface area contributed by atoms with Gasteiger partial charge in [0.15, 0.2) is 10.6 Å². The summed E-state index contributed by atoms with van der Waals surface area (Å²) in [4.78, 5) is 25.1. The normalized spacial score (nSPS) is 10.7. The second-order valence-corrected chi connectivity index (χ2v) is 8.39. The fourth-order valence-electron chi connectivity index (χ4n) is 3.21. The summed E-state index contributed by atoms with van der Waals surface area (Å²) in [6, 6.07) is 13.0. The van der Waals surface area contributed by atoms with Crippen LogP contribution in [0.5, 0.6) is 0 Å². The number of carbonyl (C=O) groups is 2. The van der Waals surface area contributed by atoms with Crippen LogP contribution in [0, 0.1) is 18.6 Å². The van der Waals surface area contributed by atoms with E-state index in [1.807, 2.05) is 61.7 Å². The molecule has 2 aromatic carbocycles. The van der Waals surface area contributed by atoms with Gasteiger partial charge in [0, 0.05) is 22.3 Å². The molecule has 0 saturated heterocycles. The maximum Gasteiger partial charge on any atom is 0.251 e. The number of nitrogens with zero attached hydrogens (tertiary/aromatic N) is 3. The maximum absolute atomic E-state index is 12.6. The molecule has 0 unspecified atom stereocenters. The Balaban J connectivity index is 1.71. The summed E-state index contributed by atoms with van der Waals surface area (Å²) in [5.41, 5.74) is 3.20. The number of amides is 2. The molecule has 0 fully saturated rings. The second kappa shape index (κ2) is 10.0. The number of hydrogen-bond acceptors (Lipinski definition) is 4. The van der Waals surface area contributed by atoms with Gasteiger partial charge in [-0.1, -0.05) is 34.1 Å². The van der Waals surface area contributed by atoms with E-state index in [2.05, 4.69) is 31.7 Å². The second-order valence-electron chi connectivity index (χ2n) is 7.11. The average molecular weight is 502 g/mol. The molecule has 9 heteroatoms. The van der Waals surface area contributed by atoms with Gasteiger partial charge in [0.1, 0.15) is 6.54 Å². The highest BCUT2D eigenvalue weighted by atomic mass is 79.9. The number of aryl methyl sites for hydroxylation is 2. The molecule has 0 spiro atoms. The van der Waals surface area contributed by atoms with Crippen LogP contribution in [0.15, 0.2) is 46.9 Å². The van der Waals surface area contributed by atoms with Crippen molar-refractivity contribution in [2.24, 2.45) is 0 Å². The van der Waals surface area contributed by atoms with Gasteiger partial charge in [-0.25, -0.2) is 4.68 Å². The van der Waals surface area contributed by atoms with Gasteiger partial charge in [-0.2, -0.15) is 5.10 Å². The Labute approximate surface area is 194 Å². The van der Waals surface area contributed by atoms with Crippen LogP contribution in [0.25, 0.3) is 0 Å². The zero-order valence-electron chi connectivity index (χ0n) is 17.6. The Hall–Kier alpha value is -2.78. The summed E-state index contributed by atoms with van der Waals surface area (Å²) in [6.07, 6.45) is 0. The van der Waals surface area contributed by atoms with Crippen LogP contribution in [-0.4, -0.2) is 26.2 Å². The van der Waals surface area contributed by atoms with Crippen LogP contribution in [0.4, 0.5) is 5.69 Å². The van der Waals surface area contributed by atoms with Gasteiger partial charge >= 0.3 is 0 Å². The molecule has 2 amide bonds. The standard InChI is InChI=1S/C22H24BrN5O2S/c1-4-27-19(12-24-21(30)17-8-6-5-7-14(17)2)26-28(22(27)31)13-20(29)25-18-10-9-16(23)11-15(18)3/h5-11H,4,12-13H2,1-3H3,(H,24,30)(H,25,29). The monoisotopic (exact) mass is 501 g/mol. The number of hydrogen-bond donors (Lipinski definition) is 2. The van der Waals surface area contributed by atoms with Gasteiger partial charge in [-0.3, -0.25) is 9.59 Å². The van der Waals surface area contributed by atoms with E-state index in [4.69, 9.17) is 12.2 Å². The molecule has 3 rings (SSSR count). The number of halogens is 1. The molecule has 7 nitrogen and oxygen atoms in total. The largest absolute Gasteiger partial charge is 0.345 e. The van der Waals surface area contributed by atoms with E-state index >= 15 is 0 Å². The third-order valence-corrected chi connectivity index (χ3v) is 5.79. The summed E-state index contributed by atoms with van der Waals surface area (Å²) in [5, 5.41) is 10.3. The lowest BCUT2D eigenvalue weighted by Crippen LogP contribution is -2.25. The van der Waals surface area contributed by atoms with Crippen LogP contribution in [-0.2, 0) is 24.4 Å². The minimum atomic E-state index is -0.224. The summed E-state index contributed by atoms with van der Waals surface area (Å²) in [7, 11) is 0. The van der Waals surface area contributed by atoms with Crippen molar-refractivity contribution in [3.8, 4) is 0 Å². The number of carbonyl (C=O) groups excluding carboxylic acids is 2. The Morgan fingerprint density at radius 2 is 1.87 bits per heavy atom. The Bertz CT molecular complexity index is 1180. The lowest BCUT2D eigenvalue weighted by Gasteiger charge is -2.08. The fourth-order valence-corrected chi connectivity index (χ4v) is 4.03. The van der Waals surface area contributed by atoms with E-state index in [1.165, 1.54) is 4.68 Å². The third kappa shape index (κ3) is 5.48. The first-order valence-electron chi connectivity index (χ1n) is 9.86. The van der Waals surface area contributed by atoms with Gasteiger partial charge in [0.2, 0.25) is 5.91 Å².